The summed E-state index contributed by atoms with van der Waals surface area (Å²) in [6.07, 6.45) is 8.92. The molecule has 2 N–H and O–H groups in total. The van der Waals surface area contributed by atoms with Crippen molar-refractivity contribution in [3.8, 4) is 0 Å². The first-order chi connectivity index (χ1) is 8.50. The van der Waals surface area contributed by atoms with Crippen LogP contribution in [-0.4, -0.2) is 21.8 Å². The summed E-state index contributed by atoms with van der Waals surface area (Å²) in [6.45, 7) is 2.14. The van der Waals surface area contributed by atoms with E-state index in [0.717, 1.165) is 51.4 Å². The van der Waals surface area contributed by atoms with Gasteiger partial charge in [-0.25, -0.2) is 0 Å². The number of aliphatic hydroxyl groups is 1. The van der Waals surface area contributed by atoms with Crippen LogP contribution < -0.4 is 0 Å². The molecule has 0 aromatic rings. The zero-order valence-corrected chi connectivity index (χ0v) is 11.5. The fourth-order valence-electron chi connectivity index (χ4n) is 4.03. The Kier molecular flexibility index (Phi) is 4.00. The molecule has 0 amide bonds. The first kappa shape index (κ1) is 13.9. The molecule has 2 aliphatic rings. The molecular formula is C15H26O3. The van der Waals surface area contributed by atoms with Gasteiger partial charge in [-0.15, -0.1) is 0 Å². The average Bonchev–Trinajstić information content (AvgIpc) is 2.74. The molecule has 0 heterocycles. The Hall–Kier alpha value is -0.570. The Morgan fingerprint density at radius 1 is 1.22 bits per heavy atom. The molecule has 2 fully saturated rings. The predicted octanol–water partition coefficient (Wildman–Crippen LogP) is 3.35. The van der Waals surface area contributed by atoms with E-state index in [1.807, 2.05) is 0 Å². The molecule has 0 spiro atoms. The second kappa shape index (κ2) is 5.20. The number of aliphatic carboxylic acids is 1. The van der Waals surface area contributed by atoms with E-state index in [1.54, 1.807) is 0 Å². The first-order valence-corrected chi connectivity index (χ1v) is 7.45. The van der Waals surface area contributed by atoms with Crippen molar-refractivity contribution in [1.82, 2.24) is 0 Å². The van der Waals surface area contributed by atoms with Gasteiger partial charge in [0, 0.05) is 0 Å². The van der Waals surface area contributed by atoms with Crippen molar-refractivity contribution in [3.05, 3.63) is 0 Å². The van der Waals surface area contributed by atoms with Crippen LogP contribution in [0.1, 0.15) is 71.1 Å². The molecule has 104 valence electrons. The minimum Gasteiger partial charge on any atom is -0.481 e. The number of hydrogen-bond donors (Lipinski definition) is 2. The van der Waals surface area contributed by atoms with E-state index in [0.29, 0.717) is 12.3 Å². The number of rotatable bonds is 4. The fourth-order valence-corrected chi connectivity index (χ4v) is 4.03. The molecule has 3 heteroatoms. The Bertz CT molecular complexity index is 307. The van der Waals surface area contributed by atoms with Crippen LogP contribution in [0.4, 0.5) is 0 Å². The molecule has 18 heavy (non-hydrogen) atoms. The molecule has 0 aliphatic heterocycles. The van der Waals surface area contributed by atoms with Gasteiger partial charge in [0.05, 0.1) is 11.0 Å². The molecule has 2 atom stereocenters. The maximum Gasteiger partial charge on any atom is 0.309 e. The minimum atomic E-state index is -0.709. The normalized spacial score (nSPS) is 35.6. The van der Waals surface area contributed by atoms with Crippen LogP contribution >= 0.6 is 0 Å². The van der Waals surface area contributed by atoms with Crippen LogP contribution in [0.5, 0.6) is 0 Å². The molecule has 0 aromatic carbocycles. The number of hydrogen-bond acceptors (Lipinski definition) is 2. The number of carboxylic acids is 1. The Morgan fingerprint density at radius 3 is 2.39 bits per heavy atom. The van der Waals surface area contributed by atoms with Crippen LogP contribution in [0, 0.1) is 11.3 Å². The van der Waals surface area contributed by atoms with Crippen LogP contribution in [0.25, 0.3) is 0 Å². The molecule has 0 aromatic heterocycles. The predicted molar refractivity (Wildman–Crippen MR) is 70.4 cm³/mol. The largest absolute Gasteiger partial charge is 0.481 e. The molecule has 0 bridgehead atoms. The summed E-state index contributed by atoms with van der Waals surface area (Å²) >= 11 is 0. The third kappa shape index (κ3) is 2.71. The molecule has 2 aliphatic carbocycles. The maximum atomic E-state index is 11.7. The van der Waals surface area contributed by atoms with Gasteiger partial charge in [0.2, 0.25) is 0 Å². The minimum absolute atomic E-state index is 0.478. The molecule has 2 saturated carbocycles. The van der Waals surface area contributed by atoms with Crippen LogP contribution in [-0.2, 0) is 4.79 Å². The van der Waals surface area contributed by atoms with E-state index in [1.165, 1.54) is 6.42 Å². The van der Waals surface area contributed by atoms with Gasteiger partial charge in [-0.3, -0.25) is 4.79 Å². The third-order valence-electron chi connectivity index (χ3n) is 5.19. The molecule has 0 saturated heterocycles. The zero-order valence-electron chi connectivity index (χ0n) is 11.5. The molecule has 3 nitrogen and oxygen atoms in total. The van der Waals surface area contributed by atoms with E-state index in [4.69, 9.17) is 0 Å². The highest BCUT2D eigenvalue weighted by Crippen LogP contribution is 2.50. The molecular weight excluding hydrogens is 228 g/mol. The SMILES string of the molecule is CCC1CCC(CC2(O)CCCCC2)(C(=O)O)C1. The quantitative estimate of drug-likeness (QED) is 0.809. The molecule has 0 radical (unpaired) electrons. The standard InChI is InChI=1S/C15H26O3/c1-2-12-6-9-14(10-12,13(16)17)11-15(18)7-4-3-5-8-15/h12,18H,2-11H2,1H3,(H,16,17). The Morgan fingerprint density at radius 2 is 1.89 bits per heavy atom. The second-order valence-electron chi connectivity index (χ2n) is 6.56. The highest BCUT2D eigenvalue weighted by molar-refractivity contribution is 5.75. The van der Waals surface area contributed by atoms with Crippen molar-refractivity contribution in [1.29, 1.82) is 0 Å². The summed E-state index contributed by atoms with van der Waals surface area (Å²) in [5, 5.41) is 20.3. The van der Waals surface area contributed by atoms with Gasteiger partial charge in [0.15, 0.2) is 0 Å². The molecule has 2 unspecified atom stereocenters. The van der Waals surface area contributed by atoms with Gasteiger partial charge in [0.1, 0.15) is 0 Å². The van der Waals surface area contributed by atoms with E-state index >= 15 is 0 Å². The van der Waals surface area contributed by atoms with E-state index < -0.39 is 17.0 Å². The van der Waals surface area contributed by atoms with Crippen LogP contribution in [0.3, 0.4) is 0 Å². The maximum absolute atomic E-state index is 11.7. The smallest absolute Gasteiger partial charge is 0.309 e. The average molecular weight is 254 g/mol. The van der Waals surface area contributed by atoms with Gasteiger partial charge < -0.3 is 10.2 Å². The van der Waals surface area contributed by atoms with Crippen molar-refractivity contribution in [2.75, 3.05) is 0 Å². The summed E-state index contributed by atoms with van der Waals surface area (Å²) in [4.78, 5) is 11.7. The second-order valence-corrected chi connectivity index (χ2v) is 6.56. The first-order valence-electron chi connectivity index (χ1n) is 7.45. The summed E-state index contributed by atoms with van der Waals surface area (Å²) in [5.74, 6) is -0.147. The van der Waals surface area contributed by atoms with Crippen LogP contribution in [0.2, 0.25) is 0 Å². The summed E-state index contributed by atoms with van der Waals surface area (Å²) < 4.78 is 0. The highest BCUT2D eigenvalue weighted by atomic mass is 16.4. The lowest BCUT2D eigenvalue weighted by Gasteiger charge is -2.38. The van der Waals surface area contributed by atoms with Gasteiger partial charge in [-0.1, -0.05) is 32.6 Å². The third-order valence-corrected chi connectivity index (χ3v) is 5.19. The van der Waals surface area contributed by atoms with Gasteiger partial charge in [0.25, 0.3) is 0 Å². The van der Waals surface area contributed by atoms with E-state index in [2.05, 4.69) is 6.92 Å². The van der Waals surface area contributed by atoms with Gasteiger partial charge in [-0.2, -0.15) is 0 Å². The molecule has 2 rings (SSSR count). The highest BCUT2D eigenvalue weighted by Gasteiger charge is 2.49. The lowest BCUT2D eigenvalue weighted by Crippen LogP contribution is -2.41. The number of carboxylic acid groups (broad SMARTS) is 1. The lowest BCUT2D eigenvalue weighted by molar-refractivity contribution is -0.154. The van der Waals surface area contributed by atoms with Crippen LogP contribution in [0.15, 0.2) is 0 Å². The summed E-state index contributed by atoms with van der Waals surface area (Å²) in [7, 11) is 0. The monoisotopic (exact) mass is 254 g/mol. The summed E-state index contributed by atoms with van der Waals surface area (Å²) in [5.41, 5.74) is -1.36. The van der Waals surface area contributed by atoms with Gasteiger partial charge >= 0.3 is 5.97 Å². The van der Waals surface area contributed by atoms with Crippen molar-refractivity contribution >= 4 is 5.97 Å². The van der Waals surface area contributed by atoms with Crippen molar-refractivity contribution in [2.45, 2.75) is 76.7 Å². The fraction of sp³-hybridized carbons (Fsp3) is 0.933. The van der Waals surface area contributed by atoms with Gasteiger partial charge in [-0.05, 0) is 44.4 Å². The van der Waals surface area contributed by atoms with Crippen molar-refractivity contribution < 1.29 is 15.0 Å². The van der Waals surface area contributed by atoms with E-state index in [-0.39, 0.29) is 0 Å². The Balaban J connectivity index is 2.09. The lowest BCUT2D eigenvalue weighted by atomic mass is 9.70. The van der Waals surface area contributed by atoms with Crippen molar-refractivity contribution in [2.24, 2.45) is 11.3 Å². The van der Waals surface area contributed by atoms with E-state index in [9.17, 15) is 15.0 Å². The summed E-state index contributed by atoms with van der Waals surface area (Å²) in [6, 6.07) is 0. The zero-order chi connectivity index (χ0) is 13.2. The Labute approximate surface area is 110 Å². The van der Waals surface area contributed by atoms with Crippen molar-refractivity contribution in [3.63, 3.8) is 0 Å². The number of carbonyl (C=O) groups is 1. The topological polar surface area (TPSA) is 57.5 Å².